The minimum Gasteiger partial charge on any atom is -0.346 e. The van der Waals surface area contributed by atoms with Crippen LogP contribution in [-0.2, 0) is 6.18 Å². The summed E-state index contributed by atoms with van der Waals surface area (Å²) in [6.45, 7) is 0. The molecule has 5 nitrogen and oxygen atoms in total. The summed E-state index contributed by atoms with van der Waals surface area (Å²) < 4.78 is 38.3. The molecule has 0 saturated heterocycles. The molecule has 3 N–H and O–H groups in total. The van der Waals surface area contributed by atoms with E-state index < -0.39 is 17.8 Å². The molecule has 2 aromatic carbocycles. The van der Waals surface area contributed by atoms with Crippen LogP contribution in [-0.4, -0.2) is 16.0 Å². The summed E-state index contributed by atoms with van der Waals surface area (Å²) in [5, 5.41) is 6.00. The summed E-state index contributed by atoms with van der Waals surface area (Å²) >= 11 is 0. The average molecular weight is 396 g/mol. The van der Waals surface area contributed by atoms with Crippen LogP contribution in [0.25, 0.3) is 22.2 Å². The van der Waals surface area contributed by atoms with Crippen LogP contribution in [0, 0.1) is 0 Å². The third-order valence-corrected chi connectivity index (χ3v) is 4.36. The SMILES string of the molecule is O=C(Nc1ccc(-c2ccnc3[nH]ccc23)cc1)Nc1cccc(C(F)(F)F)c1. The second kappa shape index (κ2) is 7.31. The van der Waals surface area contributed by atoms with E-state index in [1.54, 1.807) is 18.3 Å². The minimum absolute atomic E-state index is 0.0561. The van der Waals surface area contributed by atoms with Gasteiger partial charge in [-0.3, -0.25) is 0 Å². The fourth-order valence-electron chi connectivity index (χ4n) is 3.01. The van der Waals surface area contributed by atoms with Crippen LogP contribution in [0.15, 0.2) is 73.1 Å². The number of carbonyl (C=O) groups is 1. The highest BCUT2D eigenvalue weighted by molar-refractivity contribution is 6.00. The molecule has 0 spiro atoms. The summed E-state index contributed by atoms with van der Waals surface area (Å²) in [6, 6.07) is 14.8. The van der Waals surface area contributed by atoms with Crippen LogP contribution in [0.2, 0.25) is 0 Å². The minimum atomic E-state index is -4.47. The summed E-state index contributed by atoms with van der Waals surface area (Å²) in [6.07, 6.45) is -0.945. The Morgan fingerprint density at radius 2 is 1.69 bits per heavy atom. The zero-order valence-electron chi connectivity index (χ0n) is 14.9. The van der Waals surface area contributed by atoms with Gasteiger partial charge in [-0.15, -0.1) is 0 Å². The van der Waals surface area contributed by atoms with Gasteiger partial charge in [0.2, 0.25) is 0 Å². The molecule has 146 valence electrons. The number of benzene rings is 2. The number of carbonyl (C=O) groups excluding carboxylic acids is 1. The molecule has 0 atom stereocenters. The molecule has 2 heterocycles. The van der Waals surface area contributed by atoms with Crippen molar-refractivity contribution >= 4 is 28.4 Å². The van der Waals surface area contributed by atoms with Crippen molar-refractivity contribution in [2.24, 2.45) is 0 Å². The maximum Gasteiger partial charge on any atom is 0.416 e. The Kier molecular flexibility index (Phi) is 4.67. The normalized spacial score (nSPS) is 11.4. The maximum atomic E-state index is 12.8. The van der Waals surface area contributed by atoms with Crippen LogP contribution in [0.4, 0.5) is 29.3 Å². The van der Waals surface area contributed by atoms with Crippen molar-refractivity contribution in [3.8, 4) is 11.1 Å². The number of aromatic nitrogens is 2. The number of urea groups is 1. The quantitative estimate of drug-likeness (QED) is 0.404. The Bertz CT molecular complexity index is 1170. The van der Waals surface area contributed by atoms with Gasteiger partial charge in [0, 0.05) is 29.2 Å². The Morgan fingerprint density at radius 3 is 2.45 bits per heavy atom. The molecule has 0 radical (unpaired) electrons. The lowest BCUT2D eigenvalue weighted by atomic mass is 10.0. The fourth-order valence-corrected chi connectivity index (χ4v) is 3.01. The molecule has 29 heavy (non-hydrogen) atoms. The van der Waals surface area contributed by atoms with E-state index in [0.29, 0.717) is 5.69 Å². The van der Waals surface area contributed by atoms with Crippen molar-refractivity contribution in [1.82, 2.24) is 9.97 Å². The predicted molar refractivity (Wildman–Crippen MR) is 106 cm³/mol. The van der Waals surface area contributed by atoms with Crippen molar-refractivity contribution in [3.63, 3.8) is 0 Å². The first-order chi connectivity index (χ1) is 13.9. The van der Waals surface area contributed by atoms with E-state index in [2.05, 4.69) is 20.6 Å². The van der Waals surface area contributed by atoms with Crippen molar-refractivity contribution in [2.75, 3.05) is 10.6 Å². The summed E-state index contributed by atoms with van der Waals surface area (Å²) in [7, 11) is 0. The zero-order chi connectivity index (χ0) is 20.4. The molecule has 4 rings (SSSR count). The fraction of sp³-hybridized carbons (Fsp3) is 0.0476. The molecule has 0 aliphatic carbocycles. The number of anilines is 2. The third kappa shape index (κ3) is 4.06. The molecule has 4 aromatic rings. The molecular formula is C21H15F3N4O. The lowest BCUT2D eigenvalue weighted by Gasteiger charge is -2.11. The Morgan fingerprint density at radius 1 is 0.931 bits per heavy atom. The highest BCUT2D eigenvalue weighted by atomic mass is 19.4. The summed E-state index contributed by atoms with van der Waals surface area (Å²) in [5.74, 6) is 0. The number of nitrogens with one attached hydrogen (secondary N) is 3. The number of H-pyrrole nitrogens is 1. The second-order valence-electron chi connectivity index (χ2n) is 6.33. The van der Waals surface area contributed by atoms with Crippen LogP contribution < -0.4 is 10.6 Å². The third-order valence-electron chi connectivity index (χ3n) is 4.36. The summed E-state index contributed by atoms with van der Waals surface area (Å²) in [5.41, 5.74) is 2.47. The van der Waals surface area contributed by atoms with Crippen molar-refractivity contribution in [1.29, 1.82) is 0 Å². The number of nitrogens with zero attached hydrogens (tertiary/aromatic N) is 1. The molecule has 8 heteroatoms. The van der Waals surface area contributed by atoms with Crippen LogP contribution in [0.3, 0.4) is 0 Å². The van der Waals surface area contributed by atoms with Gasteiger partial charge in [-0.2, -0.15) is 13.2 Å². The molecule has 0 fully saturated rings. The van der Waals surface area contributed by atoms with Crippen molar-refractivity contribution in [3.05, 3.63) is 78.6 Å². The highest BCUT2D eigenvalue weighted by Gasteiger charge is 2.30. The van der Waals surface area contributed by atoms with E-state index in [4.69, 9.17) is 0 Å². The standard InChI is InChI=1S/C21H15F3N4O/c22-21(23,24)14-2-1-3-16(12-14)28-20(29)27-15-6-4-13(5-7-15)17-8-10-25-19-18(17)9-11-26-19/h1-12H,(H,25,26)(H2,27,28,29). The zero-order valence-corrected chi connectivity index (χ0v) is 14.9. The van der Waals surface area contributed by atoms with E-state index in [0.717, 1.165) is 34.3 Å². The van der Waals surface area contributed by atoms with Gasteiger partial charge < -0.3 is 15.6 Å². The molecule has 0 bridgehead atoms. The number of amides is 2. The van der Waals surface area contributed by atoms with Crippen molar-refractivity contribution in [2.45, 2.75) is 6.18 Å². The number of hydrogen-bond acceptors (Lipinski definition) is 2. The molecule has 2 aromatic heterocycles. The van der Waals surface area contributed by atoms with Crippen LogP contribution in [0.1, 0.15) is 5.56 Å². The van der Waals surface area contributed by atoms with Gasteiger partial charge in [-0.1, -0.05) is 18.2 Å². The number of hydrogen-bond donors (Lipinski definition) is 3. The largest absolute Gasteiger partial charge is 0.416 e. The first-order valence-corrected chi connectivity index (χ1v) is 8.68. The van der Waals surface area contributed by atoms with E-state index in [9.17, 15) is 18.0 Å². The second-order valence-corrected chi connectivity index (χ2v) is 6.33. The van der Waals surface area contributed by atoms with Crippen LogP contribution >= 0.6 is 0 Å². The van der Waals surface area contributed by atoms with Gasteiger partial charge in [0.1, 0.15) is 5.65 Å². The van der Waals surface area contributed by atoms with Gasteiger partial charge in [-0.05, 0) is 53.6 Å². The molecular weight excluding hydrogens is 381 g/mol. The maximum absolute atomic E-state index is 12.8. The number of halogens is 3. The lowest BCUT2D eigenvalue weighted by Crippen LogP contribution is -2.19. The van der Waals surface area contributed by atoms with Gasteiger partial charge >= 0.3 is 12.2 Å². The highest BCUT2D eigenvalue weighted by Crippen LogP contribution is 2.31. The lowest BCUT2D eigenvalue weighted by molar-refractivity contribution is -0.137. The first-order valence-electron chi connectivity index (χ1n) is 8.68. The summed E-state index contributed by atoms with van der Waals surface area (Å²) in [4.78, 5) is 19.4. The first kappa shape index (κ1) is 18.5. The Labute approximate surface area is 163 Å². The van der Waals surface area contributed by atoms with Gasteiger partial charge in [-0.25, -0.2) is 9.78 Å². The number of fused-ring (bicyclic) bond motifs is 1. The molecule has 2 amide bonds. The van der Waals surface area contributed by atoms with E-state index in [1.807, 2.05) is 30.5 Å². The Balaban J connectivity index is 1.47. The Hall–Kier alpha value is -3.81. The monoisotopic (exact) mass is 396 g/mol. The van der Waals surface area contributed by atoms with E-state index in [-0.39, 0.29) is 5.69 Å². The van der Waals surface area contributed by atoms with E-state index >= 15 is 0 Å². The average Bonchev–Trinajstić information content (AvgIpc) is 3.17. The van der Waals surface area contributed by atoms with Gasteiger partial charge in [0.25, 0.3) is 0 Å². The molecule has 0 aliphatic heterocycles. The molecule has 0 saturated carbocycles. The van der Waals surface area contributed by atoms with Crippen molar-refractivity contribution < 1.29 is 18.0 Å². The number of pyridine rings is 1. The number of aromatic amines is 1. The van der Waals surface area contributed by atoms with Crippen LogP contribution in [0.5, 0.6) is 0 Å². The smallest absolute Gasteiger partial charge is 0.346 e. The molecule has 0 unspecified atom stereocenters. The number of alkyl halides is 3. The molecule has 0 aliphatic rings. The van der Waals surface area contributed by atoms with Gasteiger partial charge in [0.05, 0.1) is 5.56 Å². The predicted octanol–water partition coefficient (Wildman–Crippen LogP) is 5.89. The van der Waals surface area contributed by atoms with Gasteiger partial charge in [0.15, 0.2) is 0 Å². The number of rotatable bonds is 3. The topological polar surface area (TPSA) is 69.8 Å². The van der Waals surface area contributed by atoms with E-state index in [1.165, 1.54) is 12.1 Å².